The van der Waals surface area contributed by atoms with Gasteiger partial charge in [-0.05, 0) is 24.3 Å². The summed E-state index contributed by atoms with van der Waals surface area (Å²) in [5, 5.41) is 5.19. The van der Waals surface area contributed by atoms with Crippen LogP contribution in [-0.2, 0) is 4.74 Å². The van der Waals surface area contributed by atoms with Crippen molar-refractivity contribution in [1.82, 2.24) is 4.98 Å². The topological polar surface area (TPSA) is 109 Å². The predicted octanol–water partition coefficient (Wildman–Crippen LogP) is 2.03. The molecule has 5 N–H and O–H groups in total. The second kappa shape index (κ2) is 5.79. The number of methoxy groups -OCH3 is 1. The van der Waals surface area contributed by atoms with Crippen molar-refractivity contribution in [3.63, 3.8) is 0 Å². The SMILES string of the molecule is COC(=O)Nc1cccc(NC(=O)c2cc(N)c[nH]2)c1. The maximum atomic E-state index is 11.9. The van der Waals surface area contributed by atoms with E-state index in [1.165, 1.54) is 19.4 Å². The second-order valence-electron chi connectivity index (χ2n) is 4.00. The van der Waals surface area contributed by atoms with Crippen LogP contribution in [0.25, 0.3) is 0 Å². The second-order valence-corrected chi connectivity index (χ2v) is 4.00. The normalized spacial score (nSPS) is 9.85. The summed E-state index contributed by atoms with van der Waals surface area (Å²) in [7, 11) is 1.27. The Morgan fingerprint density at radius 1 is 1.20 bits per heavy atom. The van der Waals surface area contributed by atoms with E-state index in [0.717, 1.165) is 0 Å². The zero-order chi connectivity index (χ0) is 14.5. The van der Waals surface area contributed by atoms with E-state index >= 15 is 0 Å². The number of nitrogens with two attached hydrogens (primary N) is 1. The van der Waals surface area contributed by atoms with Crippen LogP contribution in [0.2, 0.25) is 0 Å². The monoisotopic (exact) mass is 274 g/mol. The minimum atomic E-state index is -0.578. The van der Waals surface area contributed by atoms with Crippen LogP contribution in [0.3, 0.4) is 0 Å². The van der Waals surface area contributed by atoms with Gasteiger partial charge in [-0.15, -0.1) is 0 Å². The van der Waals surface area contributed by atoms with Crippen LogP contribution in [0, 0.1) is 0 Å². The summed E-state index contributed by atoms with van der Waals surface area (Å²) in [5.41, 5.74) is 7.42. The number of aromatic amines is 1. The number of H-pyrrole nitrogens is 1. The van der Waals surface area contributed by atoms with Gasteiger partial charge in [0.2, 0.25) is 0 Å². The molecule has 0 saturated carbocycles. The van der Waals surface area contributed by atoms with Gasteiger partial charge in [-0.25, -0.2) is 4.79 Å². The Bertz CT molecular complexity index is 636. The van der Waals surface area contributed by atoms with Crippen molar-refractivity contribution < 1.29 is 14.3 Å². The molecule has 0 unspecified atom stereocenters. The highest BCUT2D eigenvalue weighted by Gasteiger charge is 2.08. The van der Waals surface area contributed by atoms with Crippen molar-refractivity contribution >= 4 is 29.1 Å². The first kappa shape index (κ1) is 13.5. The number of rotatable bonds is 3. The van der Waals surface area contributed by atoms with Crippen molar-refractivity contribution in [3.8, 4) is 0 Å². The van der Waals surface area contributed by atoms with Crippen molar-refractivity contribution in [1.29, 1.82) is 0 Å². The first-order valence-electron chi connectivity index (χ1n) is 5.79. The van der Waals surface area contributed by atoms with Crippen molar-refractivity contribution in [3.05, 3.63) is 42.2 Å². The van der Waals surface area contributed by atoms with Gasteiger partial charge in [-0.3, -0.25) is 10.1 Å². The van der Waals surface area contributed by atoms with Crippen LogP contribution in [0.4, 0.5) is 21.9 Å². The lowest BCUT2D eigenvalue weighted by Gasteiger charge is -2.07. The molecule has 0 aliphatic rings. The molecule has 104 valence electrons. The standard InChI is InChI=1S/C13H14N4O3/c1-20-13(19)17-10-4-2-3-9(6-10)16-12(18)11-5-8(14)7-15-11/h2-7,15H,14H2,1H3,(H,16,18)(H,17,19). The summed E-state index contributed by atoms with van der Waals surface area (Å²) in [5.74, 6) is -0.322. The molecule has 7 nitrogen and oxygen atoms in total. The largest absolute Gasteiger partial charge is 0.453 e. The maximum Gasteiger partial charge on any atom is 0.411 e. The molecule has 1 heterocycles. The van der Waals surface area contributed by atoms with Crippen LogP contribution in [0.5, 0.6) is 0 Å². The lowest BCUT2D eigenvalue weighted by molar-refractivity contribution is 0.102. The van der Waals surface area contributed by atoms with Gasteiger partial charge in [0, 0.05) is 23.3 Å². The quantitative estimate of drug-likeness (QED) is 0.686. The highest BCUT2D eigenvalue weighted by molar-refractivity contribution is 6.03. The number of nitrogen functional groups attached to an aromatic ring is 1. The number of carbonyl (C=O) groups is 2. The van der Waals surface area contributed by atoms with E-state index in [0.29, 0.717) is 22.8 Å². The van der Waals surface area contributed by atoms with Crippen LogP contribution in [-0.4, -0.2) is 24.1 Å². The fraction of sp³-hybridized carbons (Fsp3) is 0.0769. The molecule has 0 saturated heterocycles. The van der Waals surface area contributed by atoms with E-state index < -0.39 is 6.09 Å². The molecule has 0 radical (unpaired) electrons. The molecule has 0 fully saturated rings. The highest BCUT2D eigenvalue weighted by atomic mass is 16.5. The number of anilines is 3. The molecule has 0 atom stereocenters. The molecule has 0 aliphatic carbocycles. The van der Waals surface area contributed by atoms with Gasteiger partial charge in [-0.2, -0.15) is 0 Å². The number of benzene rings is 1. The van der Waals surface area contributed by atoms with Gasteiger partial charge in [0.05, 0.1) is 7.11 Å². The Morgan fingerprint density at radius 3 is 2.50 bits per heavy atom. The van der Waals surface area contributed by atoms with Gasteiger partial charge in [0.25, 0.3) is 5.91 Å². The molecule has 20 heavy (non-hydrogen) atoms. The molecule has 1 aromatic carbocycles. The van der Waals surface area contributed by atoms with Crippen molar-refractivity contribution in [2.24, 2.45) is 0 Å². The zero-order valence-electron chi connectivity index (χ0n) is 10.8. The van der Waals surface area contributed by atoms with Gasteiger partial charge < -0.3 is 20.8 Å². The van der Waals surface area contributed by atoms with E-state index in [1.54, 1.807) is 24.3 Å². The summed E-state index contributed by atoms with van der Waals surface area (Å²) in [6, 6.07) is 8.23. The first-order valence-corrected chi connectivity index (χ1v) is 5.79. The maximum absolute atomic E-state index is 11.9. The number of amides is 2. The molecule has 0 aliphatic heterocycles. The molecule has 2 aromatic rings. The third kappa shape index (κ3) is 3.29. The van der Waals surface area contributed by atoms with Crippen LogP contribution >= 0.6 is 0 Å². The van der Waals surface area contributed by atoms with E-state index in [-0.39, 0.29) is 5.91 Å². The van der Waals surface area contributed by atoms with Crippen LogP contribution < -0.4 is 16.4 Å². The summed E-state index contributed by atoms with van der Waals surface area (Å²) >= 11 is 0. The van der Waals surface area contributed by atoms with Gasteiger partial charge >= 0.3 is 6.09 Å². The molecular weight excluding hydrogens is 260 g/mol. The number of nitrogens with one attached hydrogen (secondary N) is 3. The average molecular weight is 274 g/mol. The Morgan fingerprint density at radius 2 is 1.90 bits per heavy atom. The molecule has 2 amide bonds. The first-order chi connectivity index (χ1) is 9.58. The Balaban J connectivity index is 2.08. The number of aromatic nitrogens is 1. The lowest BCUT2D eigenvalue weighted by Crippen LogP contribution is -2.13. The Kier molecular flexibility index (Phi) is 3.90. The van der Waals surface area contributed by atoms with Gasteiger partial charge in [0.15, 0.2) is 0 Å². The Labute approximate surface area is 115 Å². The number of hydrogen-bond acceptors (Lipinski definition) is 4. The number of carbonyl (C=O) groups excluding carboxylic acids is 2. The Hall–Kier alpha value is -2.96. The van der Waals surface area contributed by atoms with Crippen LogP contribution in [0.1, 0.15) is 10.5 Å². The third-order valence-corrected chi connectivity index (χ3v) is 2.50. The highest BCUT2D eigenvalue weighted by Crippen LogP contribution is 2.16. The molecule has 1 aromatic heterocycles. The summed E-state index contributed by atoms with van der Waals surface area (Å²) in [4.78, 5) is 25.8. The smallest absolute Gasteiger partial charge is 0.411 e. The third-order valence-electron chi connectivity index (χ3n) is 2.50. The molecule has 2 rings (SSSR count). The minimum Gasteiger partial charge on any atom is -0.453 e. The van der Waals surface area contributed by atoms with E-state index in [2.05, 4.69) is 20.4 Å². The van der Waals surface area contributed by atoms with Crippen molar-refractivity contribution in [2.75, 3.05) is 23.5 Å². The lowest BCUT2D eigenvalue weighted by atomic mass is 10.2. The predicted molar refractivity (Wildman–Crippen MR) is 75.6 cm³/mol. The number of ether oxygens (including phenoxy) is 1. The molecule has 0 spiro atoms. The fourth-order valence-corrected chi connectivity index (χ4v) is 1.58. The molecule has 7 heteroatoms. The molecular formula is C13H14N4O3. The van der Waals surface area contributed by atoms with Gasteiger partial charge in [-0.1, -0.05) is 6.07 Å². The average Bonchev–Trinajstić information content (AvgIpc) is 2.86. The minimum absolute atomic E-state index is 0.322. The summed E-state index contributed by atoms with van der Waals surface area (Å²) < 4.78 is 4.49. The zero-order valence-corrected chi connectivity index (χ0v) is 10.8. The molecule has 0 bridgehead atoms. The van der Waals surface area contributed by atoms with E-state index in [4.69, 9.17) is 5.73 Å². The van der Waals surface area contributed by atoms with Crippen molar-refractivity contribution in [2.45, 2.75) is 0 Å². The summed E-state index contributed by atoms with van der Waals surface area (Å²) in [6.07, 6.45) is 0.954. The number of hydrogen-bond donors (Lipinski definition) is 4. The van der Waals surface area contributed by atoms with E-state index in [1.807, 2.05) is 0 Å². The fourth-order valence-electron chi connectivity index (χ4n) is 1.58. The summed E-state index contributed by atoms with van der Waals surface area (Å²) in [6.45, 7) is 0. The van der Waals surface area contributed by atoms with Gasteiger partial charge in [0.1, 0.15) is 5.69 Å². The van der Waals surface area contributed by atoms with E-state index in [9.17, 15) is 9.59 Å². The van der Waals surface area contributed by atoms with Crippen LogP contribution in [0.15, 0.2) is 36.5 Å².